The number of hydrogen-bond donors (Lipinski definition) is 2. The van der Waals surface area contributed by atoms with Gasteiger partial charge in [0, 0.05) is 12.7 Å². The molecule has 128 valence electrons. The Kier molecular flexibility index (Phi) is 6.20. The predicted octanol–water partition coefficient (Wildman–Crippen LogP) is 2.87. The molecule has 0 bridgehead atoms. The van der Waals surface area contributed by atoms with Crippen LogP contribution in [-0.4, -0.2) is 48.3 Å². The summed E-state index contributed by atoms with van der Waals surface area (Å²) in [6, 6.07) is 3.17. The molecule has 1 saturated heterocycles. The summed E-state index contributed by atoms with van der Waals surface area (Å²) in [6.07, 6.45) is 1.30. The Labute approximate surface area is 133 Å². The van der Waals surface area contributed by atoms with Gasteiger partial charge in [-0.2, -0.15) is 13.2 Å². The van der Waals surface area contributed by atoms with Crippen LogP contribution >= 0.6 is 0 Å². The summed E-state index contributed by atoms with van der Waals surface area (Å²) in [5.74, 6) is 0.359. The largest absolute Gasteiger partial charge is 0.401 e. The predicted molar refractivity (Wildman–Crippen MR) is 81.1 cm³/mol. The Hall–Kier alpha value is -1.83. The number of halogens is 3. The second-order valence-electron chi connectivity index (χ2n) is 5.75. The van der Waals surface area contributed by atoms with E-state index in [2.05, 4.69) is 15.6 Å². The summed E-state index contributed by atoms with van der Waals surface area (Å²) in [5, 5.41) is 5.42. The van der Waals surface area contributed by atoms with Gasteiger partial charge in [-0.25, -0.2) is 4.79 Å². The number of urea groups is 1. The molecule has 2 amide bonds. The number of nitrogens with zero attached hydrogens (tertiary/aromatic N) is 2. The quantitative estimate of drug-likeness (QED) is 0.873. The van der Waals surface area contributed by atoms with Crippen molar-refractivity contribution in [1.82, 2.24) is 15.2 Å². The number of likely N-dealkylation sites (tertiary alicyclic amines) is 1. The molecule has 0 unspecified atom stereocenters. The van der Waals surface area contributed by atoms with Gasteiger partial charge in [0.2, 0.25) is 0 Å². The van der Waals surface area contributed by atoms with E-state index in [4.69, 9.17) is 0 Å². The molecule has 0 aliphatic carbocycles. The van der Waals surface area contributed by atoms with Gasteiger partial charge in [-0.15, -0.1) is 0 Å². The average molecular weight is 330 g/mol. The highest BCUT2D eigenvalue weighted by Crippen LogP contribution is 2.23. The SMILES string of the molecule is O=C(NCCC1CCN(CC(F)(F)F)CC1)Nc1cccnc1. The number of rotatable bonds is 5. The van der Waals surface area contributed by atoms with E-state index < -0.39 is 12.7 Å². The summed E-state index contributed by atoms with van der Waals surface area (Å²) >= 11 is 0. The van der Waals surface area contributed by atoms with Crippen LogP contribution in [0.1, 0.15) is 19.3 Å². The number of pyridine rings is 1. The van der Waals surface area contributed by atoms with Gasteiger partial charge < -0.3 is 10.6 Å². The van der Waals surface area contributed by atoms with Crippen molar-refractivity contribution in [2.45, 2.75) is 25.4 Å². The molecule has 1 aliphatic rings. The molecule has 5 nitrogen and oxygen atoms in total. The lowest BCUT2D eigenvalue weighted by Gasteiger charge is -2.32. The second-order valence-corrected chi connectivity index (χ2v) is 5.75. The molecule has 8 heteroatoms. The third-order valence-corrected chi connectivity index (χ3v) is 3.87. The van der Waals surface area contributed by atoms with E-state index in [9.17, 15) is 18.0 Å². The van der Waals surface area contributed by atoms with Crippen molar-refractivity contribution in [2.75, 3.05) is 31.5 Å². The number of piperidine rings is 1. The molecular weight excluding hydrogens is 309 g/mol. The highest BCUT2D eigenvalue weighted by molar-refractivity contribution is 5.88. The van der Waals surface area contributed by atoms with Crippen molar-refractivity contribution in [3.63, 3.8) is 0 Å². The van der Waals surface area contributed by atoms with Gasteiger partial charge >= 0.3 is 12.2 Å². The lowest BCUT2D eigenvalue weighted by atomic mass is 9.93. The van der Waals surface area contributed by atoms with Crippen LogP contribution in [0.3, 0.4) is 0 Å². The van der Waals surface area contributed by atoms with Gasteiger partial charge in [-0.1, -0.05) is 0 Å². The molecule has 23 heavy (non-hydrogen) atoms. The summed E-state index contributed by atoms with van der Waals surface area (Å²) in [7, 11) is 0. The number of alkyl halides is 3. The van der Waals surface area contributed by atoms with E-state index in [-0.39, 0.29) is 6.03 Å². The summed E-state index contributed by atoms with van der Waals surface area (Å²) in [6.45, 7) is 0.611. The first-order chi connectivity index (χ1) is 10.9. The van der Waals surface area contributed by atoms with Crippen molar-refractivity contribution in [3.8, 4) is 0 Å². The number of aromatic nitrogens is 1. The van der Waals surface area contributed by atoms with Gasteiger partial charge in [0.15, 0.2) is 0 Å². The zero-order chi connectivity index (χ0) is 16.7. The fourth-order valence-electron chi connectivity index (χ4n) is 2.69. The molecule has 0 saturated carbocycles. The number of carbonyl (C=O) groups excluding carboxylic acids is 1. The van der Waals surface area contributed by atoms with E-state index >= 15 is 0 Å². The van der Waals surface area contributed by atoms with E-state index in [1.54, 1.807) is 24.5 Å². The fraction of sp³-hybridized carbons (Fsp3) is 0.600. The first-order valence-electron chi connectivity index (χ1n) is 7.66. The molecule has 2 rings (SSSR count). The minimum absolute atomic E-state index is 0.299. The molecule has 0 spiro atoms. The van der Waals surface area contributed by atoms with Crippen LogP contribution in [0, 0.1) is 5.92 Å². The van der Waals surface area contributed by atoms with Crippen LogP contribution in [0.25, 0.3) is 0 Å². The normalized spacial score (nSPS) is 17.0. The van der Waals surface area contributed by atoms with Gasteiger partial charge in [-0.05, 0) is 50.4 Å². The van der Waals surface area contributed by atoms with Crippen molar-refractivity contribution in [1.29, 1.82) is 0 Å². The molecule has 0 atom stereocenters. The maximum Gasteiger partial charge on any atom is 0.401 e. The van der Waals surface area contributed by atoms with Crippen LogP contribution in [0.4, 0.5) is 23.7 Å². The standard InChI is InChI=1S/C15H21F3N4O/c16-15(17,18)11-22-8-4-12(5-9-22)3-7-20-14(23)21-13-2-1-6-19-10-13/h1-2,6,10,12H,3-5,7-9,11H2,(H2,20,21,23). The lowest BCUT2D eigenvalue weighted by molar-refractivity contribution is -0.148. The number of hydrogen-bond acceptors (Lipinski definition) is 3. The van der Waals surface area contributed by atoms with Crippen LogP contribution in [0.15, 0.2) is 24.5 Å². The molecule has 2 heterocycles. The first-order valence-corrected chi connectivity index (χ1v) is 7.66. The maximum atomic E-state index is 12.3. The van der Waals surface area contributed by atoms with E-state index in [0.29, 0.717) is 31.2 Å². The molecule has 2 N–H and O–H groups in total. The Morgan fingerprint density at radius 2 is 2.09 bits per heavy atom. The lowest BCUT2D eigenvalue weighted by Crippen LogP contribution is -2.40. The Balaban J connectivity index is 1.59. The molecule has 1 aromatic rings. The average Bonchev–Trinajstić information content (AvgIpc) is 2.48. The van der Waals surface area contributed by atoms with Gasteiger partial charge in [0.1, 0.15) is 0 Å². The smallest absolute Gasteiger partial charge is 0.338 e. The van der Waals surface area contributed by atoms with Crippen molar-refractivity contribution < 1.29 is 18.0 Å². The fourth-order valence-corrected chi connectivity index (χ4v) is 2.69. The topological polar surface area (TPSA) is 57.3 Å². The zero-order valence-electron chi connectivity index (χ0n) is 12.8. The van der Waals surface area contributed by atoms with Gasteiger partial charge in [-0.3, -0.25) is 9.88 Å². The number of carbonyl (C=O) groups is 1. The number of anilines is 1. The van der Waals surface area contributed by atoms with Crippen LogP contribution in [0.5, 0.6) is 0 Å². The van der Waals surface area contributed by atoms with Gasteiger partial charge in [0.25, 0.3) is 0 Å². The molecule has 0 aromatic carbocycles. The van der Waals surface area contributed by atoms with E-state index in [0.717, 1.165) is 19.3 Å². The highest BCUT2D eigenvalue weighted by Gasteiger charge is 2.32. The molecule has 1 fully saturated rings. The summed E-state index contributed by atoms with van der Waals surface area (Å²) in [4.78, 5) is 17.0. The summed E-state index contributed by atoms with van der Waals surface area (Å²) < 4.78 is 36.9. The number of nitrogens with one attached hydrogen (secondary N) is 2. The van der Waals surface area contributed by atoms with E-state index in [1.165, 1.54) is 4.90 Å². The monoisotopic (exact) mass is 330 g/mol. The Bertz CT molecular complexity index is 487. The first kappa shape index (κ1) is 17.5. The molecule has 1 aliphatic heterocycles. The van der Waals surface area contributed by atoms with E-state index in [1.807, 2.05) is 0 Å². The molecule has 1 aromatic heterocycles. The minimum Gasteiger partial charge on any atom is -0.338 e. The highest BCUT2D eigenvalue weighted by atomic mass is 19.4. The second kappa shape index (κ2) is 8.14. The number of amides is 2. The zero-order valence-corrected chi connectivity index (χ0v) is 12.8. The summed E-state index contributed by atoms with van der Waals surface area (Å²) in [5.41, 5.74) is 0.616. The Morgan fingerprint density at radius 1 is 1.35 bits per heavy atom. The van der Waals surface area contributed by atoms with Crippen LogP contribution in [0.2, 0.25) is 0 Å². The van der Waals surface area contributed by atoms with Crippen LogP contribution in [-0.2, 0) is 0 Å². The third kappa shape index (κ3) is 6.85. The molecular formula is C15H21F3N4O. The van der Waals surface area contributed by atoms with Crippen LogP contribution < -0.4 is 10.6 Å². The Morgan fingerprint density at radius 3 is 2.70 bits per heavy atom. The van der Waals surface area contributed by atoms with Gasteiger partial charge in [0.05, 0.1) is 18.4 Å². The molecule has 0 radical (unpaired) electrons. The maximum absolute atomic E-state index is 12.3. The van der Waals surface area contributed by atoms with Crippen molar-refractivity contribution in [3.05, 3.63) is 24.5 Å². The third-order valence-electron chi connectivity index (χ3n) is 3.87. The van der Waals surface area contributed by atoms with Crippen molar-refractivity contribution >= 4 is 11.7 Å². The van der Waals surface area contributed by atoms with Crippen molar-refractivity contribution in [2.24, 2.45) is 5.92 Å². The minimum atomic E-state index is -4.13.